The van der Waals surface area contributed by atoms with Crippen LogP contribution in [0.1, 0.15) is 33.6 Å². The molecule has 0 aromatic carbocycles. The molecule has 0 aliphatic carbocycles. The second-order valence-electron chi connectivity index (χ2n) is 6.04. The van der Waals surface area contributed by atoms with Gasteiger partial charge in [0.15, 0.2) is 0 Å². The van der Waals surface area contributed by atoms with Crippen LogP contribution in [-0.2, 0) is 9.53 Å². The number of rotatable bonds is 6. The molecule has 0 unspecified atom stereocenters. The van der Waals surface area contributed by atoms with Gasteiger partial charge in [-0.25, -0.2) is 0 Å². The van der Waals surface area contributed by atoms with E-state index in [0.717, 1.165) is 12.8 Å². The Kier molecular flexibility index (Phi) is 5.57. The molecule has 0 saturated heterocycles. The molecule has 3 heteroatoms. The van der Waals surface area contributed by atoms with E-state index >= 15 is 0 Å². The molecular weight excluding hydrogens is 204 g/mol. The van der Waals surface area contributed by atoms with E-state index in [4.69, 9.17) is 4.74 Å². The lowest BCUT2D eigenvalue weighted by Crippen LogP contribution is -2.27. The molecule has 0 aliphatic heterocycles. The third kappa shape index (κ3) is 6.71. The van der Waals surface area contributed by atoms with Gasteiger partial charge in [-0.15, -0.1) is 0 Å². The van der Waals surface area contributed by atoms with Gasteiger partial charge in [0.25, 0.3) is 0 Å². The molecule has 0 fully saturated rings. The summed E-state index contributed by atoms with van der Waals surface area (Å²) in [4.78, 5) is 11.6. The van der Waals surface area contributed by atoms with Crippen LogP contribution in [0.4, 0.5) is 0 Å². The minimum atomic E-state index is -0.975. The Balaban J connectivity index is 3.74. The Morgan fingerprint density at radius 3 is 2.20 bits per heavy atom. The van der Waals surface area contributed by atoms with Gasteiger partial charge in [0.05, 0.1) is 12.0 Å². The number of esters is 1. The minimum absolute atomic E-state index is 0.0550. The van der Waals surface area contributed by atoms with Crippen molar-refractivity contribution >= 4 is 14.0 Å². The van der Waals surface area contributed by atoms with Crippen LogP contribution in [0.5, 0.6) is 0 Å². The monoisotopic (exact) mass is 230 g/mol. The highest BCUT2D eigenvalue weighted by Crippen LogP contribution is 2.21. The minimum Gasteiger partial charge on any atom is -0.465 e. The average Bonchev–Trinajstić information content (AvgIpc) is 2.10. The molecular formula is C12H26O2Si. The Bertz CT molecular complexity index is 204. The molecule has 0 saturated carbocycles. The summed E-state index contributed by atoms with van der Waals surface area (Å²) in [6.07, 6.45) is 1.85. The van der Waals surface area contributed by atoms with Crippen LogP contribution in [-0.4, -0.2) is 20.7 Å². The number of ether oxygens (including phenoxy) is 1. The van der Waals surface area contributed by atoms with Gasteiger partial charge >= 0.3 is 5.97 Å². The Morgan fingerprint density at radius 1 is 1.27 bits per heavy atom. The molecule has 0 heterocycles. The predicted octanol–water partition coefficient (Wildman–Crippen LogP) is 3.69. The first kappa shape index (κ1) is 14.7. The standard InChI is InChI=1S/C12H26O2Si/c1-7-12(2,3)11(13)14-9-8-10-15(4,5)6/h7-10H2,1-6H3. The second-order valence-corrected chi connectivity index (χ2v) is 11.7. The zero-order valence-electron chi connectivity index (χ0n) is 11.1. The molecule has 0 bridgehead atoms. The zero-order chi connectivity index (χ0) is 12.1. The van der Waals surface area contributed by atoms with Crippen LogP contribution >= 0.6 is 0 Å². The van der Waals surface area contributed by atoms with E-state index in [9.17, 15) is 4.79 Å². The lowest BCUT2D eigenvalue weighted by atomic mass is 9.91. The Hall–Kier alpha value is -0.313. The van der Waals surface area contributed by atoms with Gasteiger partial charge in [0.1, 0.15) is 0 Å². The van der Waals surface area contributed by atoms with E-state index in [1.165, 1.54) is 6.04 Å². The fraction of sp³-hybridized carbons (Fsp3) is 0.917. The maximum Gasteiger partial charge on any atom is 0.311 e. The topological polar surface area (TPSA) is 26.3 Å². The molecule has 0 aromatic rings. The fourth-order valence-corrected chi connectivity index (χ4v) is 2.31. The maximum absolute atomic E-state index is 11.6. The van der Waals surface area contributed by atoms with Gasteiger partial charge in [-0.1, -0.05) is 32.6 Å². The van der Waals surface area contributed by atoms with Crippen molar-refractivity contribution in [3.8, 4) is 0 Å². The van der Waals surface area contributed by atoms with Crippen molar-refractivity contribution in [2.75, 3.05) is 6.61 Å². The highest BCUT2D eigenvalue weighted by Gasteiger charge is 2.26. The summed E-state index contributed by atoms with van der Waals surface area (Å²) in [5.74, 6) is -0.0550. The highest BCUT2D eigenvalue weighted by atomic mass is 28.3. The average molecular weight is 230 g/mol. The van der Waals surface area contributed by atoms with E-state index in [0.29, 0.717) is 6.61 Å². The molecule has 0 aliphatic rings. The largest absolute Gasteiger partial charge is 0.465 e. The first-order valence-corrected chi connectivity index (χ1v) is 9.57. The van der Waals surface area contributed by atoms with E-state index < -0.39 is 8.07 Å². The quantitative estimate of drug-likeness (QED) is 0.395. The van der Waals surface area contributed by atoms with Crippen molar-refractivity contribution in [3.63, 3.8) is 0 Å². The van der Waals surface area contributed by atoms with E-state index in [1.54, 1.807) is 0 Å². The predicted molar refractivity (Wildman–Crippen MR) is 67.8 cm³/mol. The van der Waals surface area contributed by atoms with Crippen LogP contribution < -0.4 is 0 Å². The van der Waals surface area contributed by atoms with E-state index in [-0.39, 0.29) is 11.4 Å². The summed E-state index contributed by atoms with van der Waals surface area (Å²) < 4.78 is 5.28. The molecule has 90 valence electrons. The highest BCUT2D eigenvalue weighted by molar-refractivity contribution is 6.76. The first-order chi connectivity index (χ1) is 6.69. The molecule has 0 spiro atoms. The molecule has 0 rings (SSSR count). The SMILES string of the molecule is CCC(C)(C)C(=O)OCCC[Si](C)(C)C. The van der Waals surface area contributed by atoms with Gasteiger partial charge in [-0.3, -0.25) is 4.79 Å². The van der Waals surface area contributed by atoms with Crippen LogP contribution in [0.2, 0.25) is 25.7 Å². The summed E-state index contributed by atoms with van der Waals surface area (Å²) in [6.45, 7) is 13.5. The Morgan fingerprint density at radius 2 is 1.80 bits per heavy atom. The summed E-state index contributed by atoms with van der Waals surface area (Å²) in [6, 6.07) is 1.23. The van der Waals surface area contributed by atoms with Gasteiger partial charge < -0.3 is 4.74 Å². The number of carbonyl (C=O) groups excluding carboxylic acids is 1. The smallest absolute Gasteiger partial charge is 0.311 e. The summed E-state index contributed by atoms with van der Waals surface area (Å²) in [7, 11) is -0.975. The van der Waals surface area contributed by atoms with Gasteiger partial charge in [0.2, 0.25) is 0 Å². The molecule has 0 aromatic heterocycles. The summed E-state index contributed by atoms with van der Waals surface area (Å²) in [5, 5.41) is 0. The van der Waals surface area contributed by atoms with Crippen molar-refractivity contribution < 1.29 is 9.53 Å². The first-order valence-electron chi connectivity index (χ1n) is 5.86. The molecule has 0 radical (unpaired) electrons. The fourth-order valence-electron chi connectivity index (χ4n) is 1.11. The van der Waals surface area contributed by atoms with Gasteiger partial charge in [0, 0.05) is 8.07 Å². The van der Waals surface area contributed by atoms with Crippen LogP contribution in [0, 0.1) is 5.41 Å². The molecule has 0 amide bonds. The van der Waals surface area contributed by atoms with Gasteiger partial charge in [-0.2, -0.15) is 0 Å². The third-order valence-corrected chi connectivity index (χ3v) is 4.59. The molecule has 0 atom stereocenters. The maximum atomic E-state index is 11.6. The molecule has 0 N–H and O–H groups in total. The molecule has 2 nitrogen and oxygen atoms in total. The van der Waals surface area contributed by atoms with Crippen molar-refractivity contribution in [2.24, 2.45) is 5.41 Å². The van der Waals surface area contributed by atoms with Crippen LogP contribution in [0.3, 0.4) is 0 Å². The second kappa shape index (κ2) is 5.68. The summed E-state index contributed by atoms with van der Waals surface area (Å²) >= 11 is 0. The lowest BCUT2D eigenvalue weighted by molar-refractivity contribution is -0.154. The van der Waals surface area contributed by atoms with Crippen LogP contribution in [0.15, 0.2) is 0 Å². The van der Waals surface area contributed by atoms with Crippen LogP contribution in [0.25, 0.3) is 0 Å². The van der Waals surface area contributed by atoms with E-state index in [2.05, 4.69) is 19.6 Å². The number of hydrogen-bond donors (Lipinski definition) is 0. The van der Waals surface area contributed by atoms with E-state index in [1.807, 2.05) is 20.8 Å². The van der Waals surface area contributed by atoms with Crippen molar-refractivity contribution in [1.82, 2.24) is 0 Å². The Labute approximate surface area is 95.4 Å². The number of hydrogen-bond acceptors (Lipinski definition) is 2. The van der Waals surface area contributed by atoms with Crippen molar-refractivity contribution in [3.05, 3.63) is 0 Å². The van der Waals surface area contributed by atoms with Crippen molar-refractivity contribution in [1.29, 1.82) is 0 Å². The normalized spacial score (nSPS) is 12.7. The zero-order valence-corrected chi connectivity index (χ0v) is 12.1. The molecule has 15 heavy (non-hydrogen) atoms. The van der Waals surface area contributed by atoms with Gasteiger partial charge in [-0.05, 0) is 26.7 Å². The number of carbonyl (C=O) groups is 1. The van der Waals surface area contributed by atoms with Crippen molar-refractivity contribution in [2.45, 2.75) is 59.3 Å². The third-order valence-electron chi connectivity index (χ3n) is 2.74. The summed E-state index contributed by atoms with van der Waals surface area (Å²) in [5.41, 5.74) is -0.320. The lowest BCUT2D eigenvalue weighted by Gasteiger charge is -2.21.